The third kappa shape index (κ3) is 3.55. The van der Waals surface area contributed by atoms with Crippen LogP contribution in [0.15, 0.2) is 24.3 Å². The summed E-state index contributed by atoms with van der Waals surface area (Å²) in [5.41, 5.74) is -2.43. The lowest BCUT2D eigenvalue weighted by Crippen LogP contribution is -2.55. The normalized spacial score (nSPS) is 21.6. The van der Waals surface area contributed by atoms with Gasteiger partial charge in [0.25, 0.3) is 0 Å². The average Bonchev–Trinajstić information content (AvgIpc) is 2.87. The van der Waals surface area contributed by atoms with Gasteiger partial charge in [-0.05, 0) is 23.8 Å². The molecule has 0 aliphatic carbocycles. The summed E-state index contributed by atoms with van der Waals surface area (Å²) < 4.78 is 38.6. The number of carboxylic acids is 1. The van der Waals surface area contributed by atoms with E-state index < -0.39 is 35.6 Å². The second-order valence-corrected chi connectivity index (χ2v) is 6.17. The Bertz CT molecular complexity index is 583. The van der Waals surface area contributed by atoms with Gasteiger partial charge < -0.3 is 10.4 Å². The van der Waals surface area contributed by atoms with E-state index in [-0.39, 0.29) is 17.7 Å². The van der Waals surface area contributed by atoms with Crippen molar-refractivity contribution in [2.75, 3.05) is 11.5 Å². The lowest BCUT2D eigenvalue weighted by atomic mass is 9.97. The Labute approximate surface area is 129 Å². The fraction of sp³-hybridized carbons (Fsp3) is 0.429. The van der Waals surface area contributed by atoms with E-state index in [2.05, 4.69) is 5.32 Å². The average molecular weight is 333 g/mol. The van der Waals surface area contributed by atoms with Gasteiger partial charge in [-0.15, -0.1) is 0 Å². The summed E-state index contributed by atoms with van der Waals surface area (Å²) >= 11 is 1.39. The molecule has 22 heavy (non-hydrogen) atoms. The molecule has 1 aliphatic rings. The maximum absolute atomic E-state index is 12.9. The zero-order valence-corrected chi connectivity index (χ0v) is 12.3. The van der Waals surface area contributed by atoms with Gasteiger partial charge >= 0.3 is 12.1 Å². The van der Waals surface area contributed by atoms with Crippen LogP contribution in [0.3, 0.4) is 0 Å². The van der Waals surface area contributed by atoms with E-state index in [1.807, 2.05) is 0 Å². The van der Waals surface area contributed by atoms with Crippen molar-refractivity contribution in [3.05, 3.63) is 35.4 Å². The van der Waals surface area contributed by atoms with Crippen molar-refractivity contribution in [3.8, 4) is 0 Å². The molecule has 0 saturated carbocycles. The van der Waals surface area contributed by atoms with Crippen LogP contribution in [-0.2, 0) is 22.2 Å². The maximum atomic E-state index is 12.9. The molecule has 2 rings (SSSR count). The van der Waals surface area contributed by atoms with Gasteiger partial charge in [-0.1, -0.05) is 18.2 Å². The topological polar surface area (TPSA) is 66.4 Å². The van der Waals surface area contributed by atoms with E-state index in [9.17, 15) is 27.9 Å². The molecule has 8 heteroatoms. The zero-order valence-electron chi connectivity index (χ0n) is 11.4. The van der Waals surface area contributed by atoms with Crippen LogP contribution in [0.5, 0.6) is 0 Å². The van der Waals surface area contributed by atoms with E-state index in [0.29, 0.717) is 5.75 Å². The summed E-state index contributed by atoms with van der Waals surface area (Å²) in [6.07, 6.45) is -4.79. The molecule has 0 radical (unpaired) electrons. The molecular weight excluding hydrogens is 319 g/mol. The molecule has 1 heterocycles. The molecule has 1 aliphatic heterocycles. The number of benzene rings is 1. The number of rotatable bonds is 4. The van der Waals surface area contributed by atoms with Crippen LogP contribution < -0.4 is 5.32 Å². The monoisotopic (exact) mass is 333 g/mol. The first-order chi connectivity index (χ1) is 10.2. The van der Waals surface area contributed by atoms with Gasteiger partial charge in [-0.25, -0.2) is 4.79 Å². The van der Waals surface area contributed by atoms with Crippen molar-refractivity contribution in [1.29, 1.82) is 0 Å². The van der Waals surface area contributed by atoms with Gasteiger partial charge in [0.05, 0.1) is 12.0 Å². The molecule has 0 aromatic heterocycles. The molecule has 0 spiro atoms. The molecule has 120 valence electrons. The van der Waals surface area contributed by atoms with E-state index in [1.165, 1.54) is 30.0 Å². The summed E-state index contributed by atoms with van der Waals surface area (Å²) in [7, 11) is 0. The highest BCUT2D eigenvalue weighted by Crippen LogP contribution is 2.32. The van der Waals surface area contributed by atoms with Crippen LogP contribution in [0.4, 0.5) is 13.2 Å². The van der Waals surface area contributed by atoms with Crippen LogP contribution in [0.1, 0.15) is 17.5 Å². The predicted molar refractivity (Wildman–Crippen MR) is 75.6 cm³/mol. The molecule has 0 bridgehead atoms. The molecule has 2 N–H and O–H groups in total. The highest BCUT2D eigenvalue weighted by atomic mass is 32.2. The largest absolute Gasteiger partial charge is 0.479 e. The van der Waals surface area contributed by atoms with Crippen LogP contribution in [0.25, 0.3) is 0 Å². The minimum atomic E-state index is -4.55. The molecule has 1 unspecified atom stereocenters. The quantitative estimate of drug-likeness (QED) is 0.887. The first-order valence-electron chi connectivity index (χ1n) is 6.52. The van der Waals surface area contributed by atoms with E-state index in [4.69, 9.17) is 0 Å². The van der Waals surface area contributed by atoms with Gasteiger partial charge in [0.15, 0.2) is 0 Å². The molecule has 4 nitrogen and oxygen atoms in total. The number of nitrogens with one attached hydrogen (secondary N) is 1. The third-order valence-corrected chi connectivity index (χ3v) is 4.67. The smallest absolute Gasteiger partial charge is 0.416 e. The van der Waals surface area contributed by atoms with Gasteiger partial charge in [0, 0.05) is 5.75 Å². The van der Waals surface area contributed by atoms with Crippen LogP contribution in [-0.4, -0.2) is 34.0 Å². The summed E-state index contributed by atoms with van der Waals surface area (Å²) in [6, 6.07) is 4.78. The number of alkyl halides is 3. The zero-order chi connectivity index (χ0) is 16.4. The number of carboxylic acid groups (broad SMARTS) is 1. The Morgan fingerprint density at radius 2 is 2.00 bits per heavy atom. The van der Waals surface area contributed by atoms with E-state index in [0.717, 1.165) is 6.07 Å². The highest BCUT2D eigenvalue weighted by molar-refractivity contribution is 7.99. The molecule has 1 aromatic rings. The summed E-state index contributed by atoms with van der Waals surface area (Å²) in [5, 5.41) is 11.6. The Morgan fingerprint density at radius 3 is 2.55 bits per heavy atom. The van der Waals surface area contributed by atoms with Crippen LogP contribution in [0.2, 0.25) is 0 Å². The number of hydrogen-bond donors (Lipinski definition) is 2. The summed E-state index contributed by atoms with van der Waals surface area (Å²) in [4.78, 5) is 23.3. The van der Waals surface area contributed by atoms with Gasteiger partial charge in [-0.3, -0.25) is 4.79 Å². The van der Waals surface area contributed by atoms with Gasteiger partial charge in [0.2, 0.25) is 5.91 Å². The van der Waals surface area contributed by atoms with Crippen molar-refractivity contribution >= 4 is 23.6 Å². The van der Waals surface area contributed by atoms with Crippen molar-refractivity contribution in [3.63, 3.8) is 0 Å². The standard InChI is InChI=1S/C14H14F3NO3S/c15-14(16,17)10-4-2-1-3-9(10)7-11(19)18-13(12(20)21)5-6-22-8-13/h1-4H,5-8H2,(H,18,19)(H,20,21). The molecule has 1 saturated heterocycles. The van der Waals surface area contributed by atoms with Crippen molar-refractivity contribution < 1.29 is 27.9 Å². The maximum Gasteiger partial charge on any atom is 0.416 e. The van der Waals surface area contributed by atoms with Crippen molar-refractivity contribution in [2.24, 2.45) is 0 Å². The fourth-order valence-electron chi connectivity index (χ4n) is 2.32. The number of thioether (sulfide) groups is 1. The van der Waals surface area contributed by atoms with E-state index >= 15 is 0 Å². The Morgan fingerprint density at radius 1 is 1.32 bits per heavy atom. The van der Waals surface area contributed by atoms with Crippen LogP contribution in [0, 0.1) is 0 Å². The van der Waals surface area contributed by atoms with Crippen molar-refractivity contribution in [2.45, 2.75) is 24.6 Å². The molecule has 1 atom stereocenters. The lowest BCUT2D eigenvalue weighted by molar-refractivity contribution is -0.146. The Hall–Kier alpha value is -1.70. The molecule has 1 amide bonds. The number of carbonyl (C=O) groups excluding carboxylic acids is 1. The third-order valence-electron chi connectivity index (χ3n) is 3.48. The second kappa shape index (κ2) is 6.20. The first kappa shape index (κ1) is 16.7. The van der Waals surface area contributed by atoms with Gasteiger partial charge in [-0.2, -0.15) is 24.9 Å². The molecule has 1 aromatic carbocycles. The van der Waals surface area contributed by atoms with Crippen molar-refractivity contribution in [1.82, 2.24) is 5.32 Å². The van der Waals surface area contributed by atoms with E-state index in [1.54, 1.807) is 0 Å². The first-order valence-corrected chi connectivity index (χ1v) is 7.67. The second-order valence-electron chi connectivity index (χ2n) is 5.07. The number of carbonyl (C=O) groups is 2. The lowest BCUT2D eigenvalue weighted by Gasteiger charge is -2.25. The summed E-state index contributed by atoms with van der Waals surface area (Å²) in [6.45, 7) is 0. The Kier molecular flexibility index (Phi) is 4.69. The minimum Gasteiger partial charge on any atom is -0.479 e. The molecular formula is C14H14F3NO3S. The van der Waals surface area contributed by atoms with Gasteiger partial charge in [0.1, 0.15) is 5.54 Å². The SMILES string of the molecule is O=C(Cc1ccccc1C(F)(F)F)NC1(C(=O)O)CCSC1. The number of aliphatic carboxylic acids is 1. The van der Waals surface area contributed by atoms with Crippen LogP contribution >= 0.6 is 11.8 Å². The number of amides is 1. The highest BCUT2D eigenvalue weighted by Gasteiger charge is 2.43. The predicted octanol–water partition coefficient (Wildman–Crippen LogP) is 2.32. The number of hydrogen-bond acceptors (Lipinski definition) is 3. The fourth-order valence-corrected chi connectivity index (χ4v) is 3.65. The summed E-state index contributed by atoms with van der Waals surface area (Å²) in [5.74, 6) is -1.07. The minimum absolute atomic E-state index is 0.168. The molecule has 1 fully saturated rings. The number of halogens is 3. The Balaban J connectivity index is 2.15.